The molecule has 2 atom stereocenters. The van der Waals surface area contributed by atoms with Gasteiger partial charge in [-0.2, -0.15) is 0 Å². The second-order valence-corrected chi connectivity index (χ2v) is 6.19. The highest BCUT2D eigenvalue weighted by Crippen LogP contribution is 2.44. The summed E-state index contributed by atoms with van der Waals surface area (Å²) in [7, 11) is 0. The number of hydrogen-bond acceptors (Lipinski definition) is 1. The summed E-state index contributed by atoms with van der Waals surface area (Å²) in [6.45, 7) is 6.72. The van der Waals surface area contributed by atoms with E-state index in [0.29, 0.717) is 11.3 Å². The fourth-order valence-electron chi connectivity index (χ4n) is 3.27. The van der Waals surface area contributed by atoms with Gasteiger partial charge in [0.05, 0.1) is 6.10 Å². The minimum atomic E-state index is -0.186. The van der Waals surface area contributed by atoms with E-state index >= 15 is 0 Å². The molecule has 17 heavy (non-hydrogen) atoms. The molecule has 94 valence electrons. The van der Waals surface area contributed by atoms with Crippen LogP contribution in [0.3, 0.4) is 0 Å². The normalized spacial score (nSPS) is 24.8. The van der Waals surface area contributed by atoms with E-state index in [1.165, 1.54) is 30.4 Å². The lowest BCUT2D eigenvalue weighted by atomic mass is 9.77. The Hall–Kier alpha value is -0.820. The third-order valence-corrected chi connectivity index (χ3v) is 4.49. The van der Waals surface area contributed by atoms with E-state index in [1.807, 2.05) is 0 Å². The minimum Gasteiger partial charge on any atom is -0.392 e. The van der Waals surface area contributed by atoms with Crippen LogP contribution in [-0.4, -0.2) is 11.2 Å². The van der Waals surface area contributed by atoms with Gasteiger partial charge in [0.25, 0.3) is 0 Å². The zero-order chi connectivity index (χ0) is 12.5. The Labute approximate surface area is 105 Å². The number of hydrogen-bond donors (Lipinski definition) is 1. The van der Waals surface area contributed by atoms with Gasteiger partial charge >= 0.3 is 0 Å². The fourth-order valence-corrected chi connectivity index (χ4v) is 3.27. The standard InChI is InChI=1S/C16H24O/c1-12-7-4-5-8-13(12)11-15(17)14-9-6-10-16(14,2)3/h4-5,7-8,14-15,17H,6,9-11H2,1-3H3. The van der Waals surface area contributed by atoms with Crippen molar-refractivity contribution in [2.75, 3.05) is 0 Å². The lowest BCUT2D eigenvalue weighted by Crippen LogP contribution is -2.31. The number of benzene rings is 1. The van der Waals surface area contributed by atoms with Gasteiger partial charge in [0, 0.05) is 0 Å². The summed E-state index contributed by atoms with van der Waals surface area (Å²) in [5.41, 5.74) is 2.90. The zero-order valence-electron chi connectivity index (χ0n) is 11.2. The van der Waals surface area contributed by atoms with Crippen LogP contribution in [0, 0.1) is 18.3 Å². The van der Waals surface area contributed by atoms with E-state index in [1.54, 1.807) is 0 Å². The van der Waals surface area contributed by atoms with Crippen LogP contribution >= 0.6 is 0 Å². The molecule has 1 saturated carbocycles. The van der Waals surface area contributed by atoms with Crippen molar-refractivity contribution in [3.05, 3.63) is 35.4 Å². The van der Waals surface area contributed by atoms with E-state index in [0.717, 1.165) is 6.42 Å². The van der Waals surface area contributed by atoms with Gasteiger partial charge in [0.2, 0.25) is 0 Å². The maximum absolute atomic E-state index is 10.5. The maximum Gasteiger partial charge on any atom is 0.0613 e. The highest BCUT2D eigenvalue weighted by molar-refractivity contribution is 5.26. The second kappa shape index (κ2) is 4.81. The second-order valence-electron chi connectivity index (χ2n) is 6.19. The first kappa shape index (κ1) is 12.6. The first-order chi connectivity index (χ1) is 8.00. The number of rotatable bonds is 3. The van der Waals surface area contributed by atoms with E-state index in [2.05, 4.69) is 45.0 Å². The van der Waals surface area contributed by atoms with Crippen molar-refractivity contribution >= 4 is 0 Å². The highest BCUT2D eigenvalue weighted by Gasteiger charge is 2.38. The van der Waals surface area contributed by atoms with E-state index in [9.17, 15) is 5.11 Å². The molecule has 0 saturated heterocycles. The monoisotopic (exact) mass is 232 g/mol. The van der Waals surface area contributed by atoms with Crippen molar-refractivity contribution in [1.29, 1.82) is 0 Å². The molecular formula is C16H24O. The molecule has 1 heteroatoms. The quantitative estimate of drug-likeness (QED) is 0.842. The van der Waals surface area contributed by atoms with Gasteiger partial charge < -0.3 is 5.11 Å². The van der Waals surface area contributed by atoms with Gasteiger partial charge in [-0.3, -0.25) is 0 Å². The Morgan fingerprint density at radius 2 is 2.06 bits per heavy atom. The Morgan fingerprint density at radius 1 is 1.35 bits per heavy atom. The van der Waals surface area contributed by atoms with Gasteiger partial charge in [0.1, 0.15) is 0 Å². The van der Waals surface area contributed by atoms with Crippen molar-refractivity contribution in [1.82, 2.24) is 0 Å². The Kier molecular flexibility index (Phi) is 3.58. The van der Waals surface area contributed by atoms with Crippen LogP contribution in [0.4, 0.5) is 0 Å². The molecule has 0 spiro atoms. The summed E-state index contributed by atoms with van der Waals surface area (Å²) in [5.74, 6) is 0.460. The van der Waals surface area contributed by atoms with Crippen molar-refractivity contribution in [2.24, 2.45) is 11.3 Å². The maximum atomic E-state index is 10.5. The lowest BCUT2D eigenvalue weighted by Gasteiger charge is -2.31. The van der Waals surface area contributed by atoms with Gasteiger partial charge in [0.15, 0.2) is 0 Å². The predicted octanol–water partition coefficient (Wildman–Crippen LogP) is 3.72. The van der Waals surface area contributed by atoms with Crippen LogP contribution in [0.25, 0.3) is 0 Å². The molecular weight excluding hydrogens is 208 g/mol. The summed E-state index contributed by atoms with van der Waals surface area (Å²) in [5, 5.41) is 10.5. The third kappa shape index (κ3) is 2.71. The first-order valence-corrected chi connectivity index (χ1v) is 6.73. The highest BCUT2D eigenvalue weighted by atomic mass is 16.3. The smallest absolute Gasteiger partial charge is 0.0613 e. The van der Waals surface area contributed by atoms with Crippen LogP contribution in [0.15, 0.2) is 24.3 Å². The Morgan fingerprint density at radius 3 is 2.65 bits per heavy atom. The zero-order valence-corrected chi connectivity index (χ0v) is 11.2. The van der Waals surface area contributed by atoms with Crippen LogP contribution in [0.2, 0.25) is 0 Å². The Bertz CT molecular complexity index is 381. The molecule has 1 aromatic carbocycles. The topological polar surface area (TPSA) is 20.2 Å². The summed E-state index contributed by atoms with van der Waals surface area (Å²) in [4.78, 5) is 0. The summed E-state index contributed by atoms with van der Waals surface area (Å²) in [6.07, 6.45) is 4.32. The predicted molar refractivity (Wildman–Crippen MR) is 72.0 cm³/mol. The molecule has 1 fully saturated rings. The van der Waals surface area contributed by atoms with Gasteiger partial charge in [-0.05, 0) is 48.6 Å². The van der Waals surface area contributed by atoms with Gasteiger partial charge in [-0.1, -0.05) is 44.5 Å². The van der Waals surface area contributed by atoms with E-state index < -0.39 is 0 Å². The average molecular weight is 232 g/mol. The van der Waals surface area contributed by atoms with Crippen molar-refractivity contribution in [3.8, 4) is 0 Å². The molecule has 0 aliphatic heterocycles. The van der Waals surface area contributed by atoms with Gasteiger partial charge in [-0.25, -0.2) is 0 Å². The SMILES string of the molecule is Cc1ccccc1CC(O)C1CCCC1(C)C. The molecule has 0 heterocycles. The summed E-state index contributed by atoms with van der Waals surface area (Å²) < 4.78 is 0. The van der Waals surface area contributed by atoms with Crippen molar-refractivity contribution < 1.29 is 5.11 Å². The fraction of sp³-hybridized carbons (Fsp3) is 0.625. The van der Waals surface area contributed by atoms with E-state index in [-0.39, 0.29) is 6.10 Å². The summed E-state index contributed by atoms with van der Waals surface area (Å²) in [6, 6.07) is 8.39. The molecule has 0 radical (unpaired) electrons. The lowest BCUT2D eigenvalue weighted by molar-refractivity contribution is 0.0542. The number of aliphatic hydroxyl groups excluding tert-OH is 1. The molecule has 1 aliphatic carbocycles. The van der Waals surface area contributed by atoms with Crippen molar-refractivity contribution in [2.45, 2.75) is 52.6 Å². The largest absolute Gasteiger partial charge is 0.392 e. The van der Waals surface area contributed by atoms with Crippen LogP contribution in [0.1, 0.15) is 44.2 Å². The molecule has 0 aromatic heterocycles. The third-order valence-electron chi connectivity index (χ3n) is 4.49. The molecule has 0 bridgehead atoms. The molecule has 1 aromatic rings. The molecule has 0 amide bonds. The Balaban J connectivity index is 2.07. The van der Waals surface area contributed by atoms with Crippen LogP contribution in [-0.2, 0) is 6.42 Å². The van der Waals surface area contributed by atoms with Crippen molar-refractivity contribution in [3.63, 3.8) is 0 Å². The number of aryl methyl sites for hydroxylation is 1. The first-order valence-electron chi connectivity index (χ1n) is 6.73. The number of aliphatic hydroxyl groups is 1. The van der Waals surface area contributed by atoms with Gasteiger partial charge in [-0.15, -0.1) is 0 Å². The molecule has 1 nitrogen and oxygen atoms in total. The summed E-state index contributed by atoms with van der Waals surface area (Å²) >= 11 is 0. The average Bonchev–Trinajstić information content (AvgIpc) is 2.61. The van der Waals surface area contributed by atoms with E-state index in [4.69, 9.17) is 0 Å². The molecule has 2 unspecified atom stereocenters. The van der Waals surface area contributed by atoms with Crippen LogP contribution in [0.5, 0.6) is 0 Å². The van der Waals surface area contributed by atoms with Crippen LogP contribution < -0.4 is 0 Å². The minimum absolute atomic E-state index is 0.186. The molecule has 1 aliphatic rings. The molecule has 2 rings (SSSR count). The molecule has 1 N–H and O–H groups in total.